The van der Waals surface area contributed by atoms with Crippen LogP contribution in [0.1, 0.15) is 57.3 Å². The van der Waals surface area contributed by atoms with Gasteiger partial charge in [-0.25, -0.2) is 4.79 Å². The highest BCUT2D eigenvalue weighted by Gasteiger charge is 2.34. The Morgan fingerprint density at radius 2 is 1.74 bits per heavy atom. The number of nitrogens with zero attached hydrogens (tertiary/aromatic N) is 1. The minimum absolute atomic E-state index is 0.125. The molecule has 148 valence electrons. The van der Waals surface area contributed by atoms with E-state index in [0.717, 1.165) is 19.3 Å². The van der Waals surface area contributed by atoms with Crippen molar-refractivity contribution in [3.05, 3.63) is 34.9 Å². The van der Waals surface area contributed by atoms with Crippen molar-refractivity contribution >= 4 is 29.4 Å². The van der Waals surface area contributed by atoms with Gasteiger partial charge >= 0.3 is 5.97 Å². The van der Waals surface area contributed by atoms with E-state index >= 15 is 0 Å². The molecule has 1 aromatic rings. The molecule has 0 aliphatic carbocycles. The number of hydrogen-bond acceptors (Lipinski definition) is 4. The van der Waals surface area contributed by atoms with E-state index < -0.39 is 24.0 Å². The van der Waals surface area contributed by atoms with Crippen LogP contribution in [0.5, 0.6) is 0 Å². The van der Waals surface area contributed by atoms with Gasteiger partial charge in [-0.1, -0.05) is 23.7 Å². The fourth-order valence-electron chi connectivity index (χ4n) is 3.37. The number of benzene rings is 1. The van der Waals surface area contributed by atoms with E-state index in [1.165, 1.54) is 6.92 Å². The van der Waals surface area contributed by atoms with E-state index in [1.54, 1.807) is 36.1 Å². The van der Waals surface area contributed by atoms with Crippen molar-refractivity contribution in [3.8, 4) is 0 Å². The van der Waals surface area contributed by atoms with Crippen LogP contribution in [-0.2, 0) is 14.3 Å². The molecule has 1 N–H and O–H groups in total. The highest BCUT2D eigenvalue weighted by atomic mass is 35.5. The van der Waals surface area contributed by atoms with E-state index in [1.807, 2.05) is 13.8 Å². The zero-order valence-electron chi connectivity index (χ0n) is 16.2. The van der Waals surface area contributed by atoms with Gasteiger partial charge in [0.25, 0.3) is 11.8 Å². The van der Waals surface area contributed by atoms with Gasteiger partial charge in [-0.05, 0) is 59.1 Å². The third-order valence-electron chi connectivity index (χ3n) is 4.91. The molecule has 2 amide bonds. The van der Waals surface area contributed by atoms with Crippen LogP contribution in [0.3, 0.4) is 0 Å². The first-order valence-corrected chi connectivity index (χ1v) is 9.68. The fourth-order valence-corrected chi connectivity index (χ4v) is 3.59. The number of rotatable bonds is 5. The maximum atomic E-state index is 12.7. The lowest BCUT2D eigenvalue weighted by molar-refractivity contribution is -0.163. The van der Waals surface area contributed by atoms with Crippen LogP contribution in [0.25, 0.3) is 0 Å². The quantitative estimate of drug-likeness (QED) is 0.778. The maximum absolute atomic E-state index is 12.7. The van der Waals surface area contributed by atoms with Crippen LogP contribution < -0.4 is 5.32 Å². The van der Waals surface area contributed by atoms with Crippen molar-refractivity contribution in [2.75, 3.05) is 0 Å². The number of amides is 2. The summed E-state index contributed by atoms with van der Waals surface area (Å²) in [6, 6.07) is 5.92. The van der Waals surface area contributed by atoms with Gasteiger partial charge in [0.05, 0.1) is 10.6 Å². The van der Waals surface area contributed by atoms with E-state index in [9.17, 15) is 14.4 Å². The average molecular weight is 395 g/mol. The van der Waals surface area contributed by atoms with Crippen molar-refractivity contribution in [2.45, 2.75) is 71.2 Å². The summed E-state index contributed by atoms with van der Waals surface area (Å²) in [5.74, 6) is -1.33. The number of carbonyl (C=O) groups is 3. The van der Waals surface area contributed by atoms with E-state index in [2.05, 4.69) is 5.32 Å². The number of nitrogens with one attached hydrogen (secondary N) is 1. The van der Waals surface area contributed by atoms with Crippen LogP contribution in [0.4, 0.5) is 0 Å². The van der Waals surface area contributed by atoms with Crippen LogP contribution in [-0.4, -0.2) is 46.9 Å². The molecule has 1 aliphatic rings. The number of esters is 1. The number of carbonyl (C=O) groups excluding carboxylic acids is 3. The van der Waals surface area contributed by atoms with E-state index in [0.29, 0.717) is 5.02 Å². The Kier molecular flexibility index (Phi) is 7.25. The Morgan fingerprint density at radius 1 is 1.15 bits per heavy atom. The largest absolute Gasteiger partial charge is 0.451 e. The van der Waals surface area contributed by atoms with Gasteiger partial charge < -0.3 is 15.0 Å². The van der Waals surface area contributed by atoms with Gasteiger partial charge in [-0.3, -0.25) is 9.59 Å². The van der Waals surface area contributed by atoms with Crippen molar-refractivity contribution in [1.29, 1.82) is 0 Å². The third kappa shape index (κ3) is 5.22. The smallest absolute Gasteiger partial charge is 0.329 e. The minimum Gasteiger partial charge on any atom is -0.451 e. The molecule has 1 fully saturated rings. The Labute approximate surface area is 165 Å². The molecular weight excluding hydrogens is 368 g/mol. The van der Waals surface area contributed by atoms with Crippen LogP contribution in [0.15, 0.2) is 24.3 Å². The number of likely N-dealkylation sites (tertiary alicyclic amines) is 1. The van der Waals surface area contributed by atoms with Crippen LogP contribution in [0.2, 0.25) is 5.02 Å². The molecule has 0 saturated carbocycles. The monoisotopic (exact) mass is 394 g/mol. The van der Waals surface area contributed by atoms with Crippen molar-refractivity contribution in [1.82, 2.24) is 10.2 Å². The van der Waals surface area contributed by atoms with Crippen molar-refractivity contribution in [3.63, 3.8) is 0 Å². The molecule has 1 aromatic carbocycles. The minimum atomic E-state index is -0.903. The average Bonchev–Trinajstić information content (AvgIpc) is 2.61. The lowest BCUT2D eigenvalue weighted by Gasteiger charge is -2.40. The third-order valence-corrected chi connectivity index (χ3v) is 5.24. The molecule has 1 aliphatic heterocycles. The Hall–Kier alpha value is -2.08. The zero-order valence-corrected chi connectivity index (χ0v) is 17.0. The summed E-state index contributed by atoms with van der Waals surface area (Å²) in [7, 11) is 0. The van der Waals surface area contributed by atoms with Gasteiger partial charge in [0.15, 0.2) is 6.10 Å². The predicted octanol–water partition coefficient (Wildman–Crippen LogP) is 3.18. The first-order chi connectivity index (χ1) is 12.7. The molecule has 0 radical (unpaired) electrons. The number of hydrogen-bond donors (Lipinski definition) is 1. The number of piperidine rings is 1. The van der Waals surface area contributed by atoms with Crippen molar-refractivity contribution < 1.29 is 19.1 Å². The maximum Gasteiger partial charge on any atom is 0.329 e. The van der Waals surface area contributed by atoms with E-state index in [-0.39, 0.29) is 23.6 Å². The molecule has 0 unspecified atom stereocenters. The summed E-state index contributed by atoms with van der Waals surface area (Å²) in [6.45, 7) is 7.10. The molecule has 7 heteroatoms. The molecule has 6 nitrogen and oxygen atoms in total. The van der Waals surface area contributed by atoms with Crippen LogP contribution >= 0.6 is 11.6 Å². The standard InChI is InChI=1S/C20H27ClN2O4/c1-12-8-7-9-13(2)23(12)19(25)15(4)27-20(26)14(3)22-18(24)16-10-5-6-11-17(16)21/h5-6,10-15H,7-9H2,1-4H3,(H,22,24)/t12-,13+,14-,15+/m0/s1. The van der Waals surface area contributed by atoms with Crippen molar-refractivity contribution in [2.24, 2.45) is 0 Å². The molecule has 1 saturated heterocycles. The van der Waals surface area contributed by atoms with Crippen LogP contribution in [0, 0.1) is 0 Å². The Morgan fingerprint density at radius 3 is 2.33 bits per heavy atom. The first kappa shape index (κ1) is 21.2. The van der Waals surface area contributed by atoms with Gasteiger partial charge in [0, 0.05) is 12.1 Å². The molecule has 4 atom stereocenters. The second kappa shape index (κ2) is 9.22. The highest BCUT2D eigenvalue weighted by Crippen LogP contribution is 2.23. The normalized spacial score (nSPS) is 21.9. The molecule has 0 bridgehead atoms. The second-order valence-electron chi connectivity index (χ2n) is 7.13. The fraction of sp³-hybridized carbons (Fsp3) is 0.550. The molecular formula is C20H27ClN2O4. The van der Waals surface area contributed by atoms with E-state index in [4.69, 9.17) is 16.3 Å². The van der Waals surface area contributed by atoms with Gasteiger partial charge in [0.1, 0.15) is 6.04 Å². The van der Waals surface area contributed by atoms with Gasteiger partial charge in [-0.2, -0.15) is 0 Å². The number of halogens is 1. The first-order valence-electron chi connectivity index (χ1n) is 9.30. The molecule has 2 rings (SSSR count). The molecule has 1 heterocycles. The lowest BCUT2D eigenvalue weighted by atomic mass is 9.97. The second-order valence-corrected chi connectivity index (χ2v) is 7.54. The zero-order chi connectivity index (χ0) is 20.1. The highest BCUT2D eigenvalue weighted by molar-refractivity contribution is 6.33. The SMILES string of the molecule is C[C@H](NC(=O)c1ccccc1Cl)C(=O)O[C@H](C)C(=O)N1[C@H](C)CCC[C@@H]1C. The Bertz CT molecular complexity index is 699. The topological polar surface area (TPSA) is 75.7 Å². The lowest BCUT2D eigenvalue weighted by Crippen LogP contribution is -2.52. The molecule has 0 spiro atoms. The molecule has 0 aromatic heterocycles. The summed E-state index contributed by atoms with van der Waals surface area (Å²) in [6.07, 6.45) is 2.08. The molecule has 27 heavy (non-hydrogen) atoms. The summed E-state index contributed by atoms with van der Waals surface area (Å²) in [5.41, 5.74) is 0.277. The summed E-state index contributed by atoms with van der Waals surface area (Å²) in [4.78, 5) is 39.1. The van der Waals surface area contributed by atoms with Gasteiger partial charge in [-0.15, -0.1) is 0 Å². The van der Waals surface area contributed by atoms with Gasteiger partial charge in [0.2, 0.25) is 0 Å². The summed E-state index contributed by atoms with van der Waals surface area (Å²) < 4.78 is 5.31. The summed E-state index contributed by atoms with van der Waals surface area (Å²) >= 11 is 5.99. The predicted molar refractivity (Wildman–Crippen MR) is 104 cm³/mol. The Balaban J connectivity index is 1.94. The summed E-state index contributed by atoms with van der Waals surface area (Å²) in [5, 5.41) is 2.85. The number of ether oxygens (including phenoxy) is 1.